The Balaban J connectivity index is 1.43. The van der Waals surface area contributed by atoms with E-state index in [2.05, 4.69) is 25.7 Å². The van der Waals surface area contributed by atoms with Crippen LogP contribution in [0.25, 0.3) is 5.69 Å². The van der Waals surface area contributed by atoms with Gasteiger partial charge in [-0.25, -0.2) is 4.79 Å². The highest BCUT2D eigenvalue weighted by Crippen LogP contribution is 2.22. The number of aromatic nitrogens is 5. The number of aromatic amines is 1. The largest absolute Gasteiger partial charge is 0.322 e. The van der Waals surface area contributed by atoms with Gasteiger partial charge in [0.15, 0.2) is 0 Å². The first-order valence-electron chi connectivity index (χ1n) is 9.23. The minimum Gasteiger partial charge on any atom is -0.322 e. The van der Waals surface area contributed by atoms with Crippen molar-refractivity contribution in [3.05, 3.63) is 53.9 Å². The first-order valence-corrected chi connectivity index (χ1v) is 9.23. The second-order valence-electron chi connectivity index (χ2n) is 6.89. The lowest BCUT2D eigenvalue weighted by Crippen LogP contribution is -2.31. The average Bonchev–Trinajstić information content (AvgIpc) is 3.27. The van der Waals surface area contributed by atoms with Crippen LogP contribution in [0, 0.1) is 0 Å². The second-order valence-corrected chi connectivity index (χ2v) is 6.89. The molecule has 0 saturated carbocycles. The number of nitrogens with zero attached hydrogens (tertiary/aromatic N) is 5. The highest BCUT2D eigenvalue weighted by Gasteiger charge is 2.18. The van der Waals surface area contributed by atoms with Crippen LogP contribution in [0.1, 0.15) is 36.2 Å². The van der Waals surface area contributed by atoms with Crippen molar-refractivity contribution in [1.82, 2.24) is 29.9 Å². The monoisotopic (exact) mass is 365 g/mol. The number of anilines is 1. The van der Waals surface area contributed by atoms with Gasteiger partial charge in [0.2, 0.25) is 0 Å². The molecule has 2 heterocycles. The molecule has 0 aliphatic heterocycles. The Morgan fingerprint density at radius 2 is 2.04 bits per heavy atom. The summed E-state index contributed by atoms with van der Waals surface area (Å²) in [5.41, 5.74) is 5.11. The molecule has 1 aliphatic rings. The molecule has 4 rings (SSSR count). The minimum atomic E-state index is -0.165. The molecule has 0 saturated heterocycles. The first-order chi connectivity index (χ1) is 13.2. The van der Waals surface area contributed by atoms with Gasteiger partial charge in [-0.15, -0.1) is 10.2 Å². The SMILES string of the molecule is CN(Cc1n[nH]c2c1CCCCC2)C(=O)Nc1cccc(-n2cnnc2)c1. The molecular weight excluding hydrogens is 342 g/mol. The lowest BCUT2D eigenvalue weighted by molar-refractivity contribution is 0.220. The molecule has 0 bridgehead atoms. The van der Waals surface area contributed by atoms with Crippen molar-refractivity contribution in [2.75, 3.05) is 12.4 Å². The summed E-state index contributed by atoms with van der Waals surface area (Å²) in [7, 11) is 1.79. The zero-order valence-corrected chi connectivity index (χ0v) is 15.4. The number of fused-ring (bicyclic) bond motifs is 1. The molecule has 2 N–H and O–H groups in total. The third kappa shape index (κ3) is 3.84. The molecule has 2 amide bonds. The van der Waals surface area contributed by atoms with Crippen LogP contribution in [0.5, 0.6) is 0 Å². The topological polar surface area (TPSA) is 91.7 Å². The van der Waals surface area contributed by atoms with Gasteiger partial charge in [0, 0.05) is 18.4 Å². The Hall–Kier alpha value is -3.16. The Kier molecular flexibility index (Phi) is 4.86. The number of aryl methyl sites for hydroxylation is 1. The number of nitrogens with one attached hydrogen (secondary N) is 2. The lowest BCUT2D eigenvalue weighted by atomic mass is 10.1. The van der Waals surface area contributed by atoms with Gasteiger partial charge in [0.25, 0.3) is 0 Å². The Bertz CT molecular complexity index is 916. The zero-order valence-electron chi connectivity index (χ0n) is 15.4. The molecule has 0 atom stereocenters. The van der Waals surface area contributed by atoms with Crippen LogP contribution >= 0.6 is 0 Å². The number of amides is 2. The fourth-order valence-corrected chi connectivity index (χ4v) is 3.45. The zero-order chi connectivity index (χ0) is 18.6. The molecule has 1 aliphatic carbocycles. The minimum absolute atomic E-state index is 0.165. The van der Waals surface area contributed by atoms with E-state index in [4.69, 9.17) is 0 Å². The van der Waals surface area contributed by atoms with Gasteiger partial charge >= 0.3 is 6.03 Å². The van der Waals surface area contributed by atoms with Crippen molar-refractivity contribution in [2.45, 2.75) is 38.6 Å². The van der Waals surface area contributed by atoms with Gasteiger partial charge in [-0.1, -0.05) is 12.5 Å². The maximum Gasteiger partial charge on any atom is 0.321 e. The maximum absolute atomic E-state index is 12.6. The van der Waals surface area contributed by atoms with Gasteiger partial charge in [-0.3, -0.25) is 9.67 Å². The van der Waals surface area contributed by atoms with Crippen LogP contribution in [0.4, 0.5) is 10.5 Å². The predicted octanol–water partition coefficient (Wildman–Crippen LogP) is 2.92. The summed E-state index contributed by atoms with van der Waals surface area (Å²) in [6.45, 7) is 0.489. The third-order valence-electron chi connectivity index (χ3n) is 4.94. The van der Waals surface area contributed by atoms with Crippen molar-refractivity contribution in [3.8, 4) is 5.69 Å². The fourth-order valence-electron chi connectivity index (χ4n) is 3.45. The van der Waals surface area contributed by atoms with Crippen LogP contribution in [-0.4, -0.2) is 42.9 Å². The molecular formula is C19H23N7O. The average molecular weight is 365 g/mol. The number of benzene rings is 1. The van der Waals surface area contributed by atoms with E-state index in [-0.39, 0.29) is 6.03 Å². The van der Waals surface area contributed by atoms with Gasteiger partial charge in [0.1, 0.15) is 12.7 Å². The van der Waals surface area contributed by atoms with E-state index in [0.717, 1.165) is 29.9 Å². The van der Waals surface area contributed by atoms with E-state index in [9.17, 15) is 4.79 Å². The second kappa shape index (κ2) is 7.61. The van der Waals surface area contributed by atoms with Crippen LogP contribution < -0.4 is 5.32 Å². The van der Waals surface area contributed by atoms with Crippen LogP contribution in [-0.2, 0) is 19.4 Å². The van der Waals surface area contributed by atoms with E-state index in [1.54, 1.807) is 29.2 Å². The number of hydrogen-bond acceptors (Lipinski definition) is 4. The van der Waals surface area contributed by atoms with Crippen molar-refractivity contribution in [1.29, 1.82) is 0 Å². The quantitative estimate of drug-likeness (QED) is 0.696. The lowest BCUT2D eigenvalue weighted by Gasteiger charge is -2.18. The predicted molar refractivity (Wildman–Crippen MR) is 102 cm³/mol. The van der Waals surface area contributed by atoms with Gasteiger partial charge in [-0.05, 0) is 49.4 Å². The molecule has 140 valence electrons. The van der Waals surface area contributed by atoms with E-state index < -0.39 is 0 Å². The van der Waals surface area contributed by atoms with Crippen molar-refractivity contribution in [2.24, 2.45) is 0 Å². The summed E-state index contributed by atoms with van der Waals surface area (Å²) < 4.78 is 1.79. The molecule has 0 fully saturated rings. The van der Waals surface area contributed by atoms with Gasteiger partial charge in [-0.2, -0.15) is 5.10 Å². The molecule has 0 unspecified atom stereocenters. The standard InChI is InChI=1S/C19H23N7O/c1-25(11-18-16-8-3-2-4-9-17(16)23-24-18)19(27)22-14-6-5-7-15(10-14)26-12-20-21-13-26/h5-7,10,12-13H,2-4,8-9,11H2,1H3,(H,22,27)(H,23,24). The fraction of sp³-hybridized carbons (Fsp3) is 0.368. The number of urea groups is 1. The summed E-state index contributed by atoms with van der Waals surface area (Å²) in [5.74, 6) is 0. The van der Waals surface area contributed by atoms with E-state index in [0.29, 0.717) is 6.54 Å². The number of carbonyl (C=O) groups is 1. The number of carbonyl (C=O) groups excluding carboxylic acids is 1. The first kappa shape index (κ1) is 17.3. The summed E-state index contributed by atoms with van der Waals surface area (Å²) in [6, 6.07) is 7.40. The van der Waals surface area contributed by atoms with Gasteiger partial charge < -0.3 is 10.2 Å². The molecule has 2 aromatic heterocycles. The highest BCUT2D eigenvalue weighted by molar-refractivity contribution is 5.89. The molecule has 8 heteroatoms. The maximum atomic E-state index is 12.6. The van der Waals surface area contributed by atoms with Crippen molar-refractivity contribution in [3.63, 3.8) is 0 Å². The van der Waals surface area contributed by atoms with Crippen LogP contribution in [0.3, 0.4) is 0 Å². The normalized spacial score (nSPS) is 13.7. The van der Waals surface area contributed by atoms with Gasteiger partial charge in [0.05, 0.1) is 17.9 Å². The summed E-state index contributed by atoms with van der Waals surface area (Å²) >= 11 is 0. The van der Waals surface area contributed by atoms with Crippen LogP contribution in [0.2, 0.25) is 0 Å². The Labute approximate surface area is 157 Å². The van der Waals surface area contributed by atoms with Crippen molar-refractivity contribution >= 4 is 11.7 Å². The molecule has 0 spiro atoms. The molecule has 1 aromatic carbocycles. The third-order valence-corrected chi connectivity index (χ3v) is 4.94. The number of rotatable bonds is 4. The highest BCUT2D eigenvalue weighted by atomic mass is 16.2. The molecule has 8 nitrogen and oxygen atoms in total. The summed E-state index contributed by atoms with van der Waals surface area (Å²) in [4.78, 5) is 14.3. The number of H-pyrrole nitrogens is 1. The summed E-state index contributed by atoms with van der Waals surface area (Å²) in [5, 5.41) is 18.2. The Morgan fingerprint density at radius 1 is 1.22 bits per heavy atom. The summed E-state index contributed by atoms with van der Waals surface area (Å²) in [6.07, 6.45) is 8.97. The van der Waals surface area contributed by atoms with E-state index >= 15 is 0 Å². The number of hydrogen-bond donors (Lipinski definition) is 2. The molecule has 3 aromatic rings. The van der Waals surface area contributed by atoms with E-state index in [1.807, 2.05) is 24.3 Å². The van der Waals surface area contributed by atoms with E-state index in [1.165, 1.54) is 30.5 Å². The Morgan fingerprint density at radius 3 is 2.89 bits per heavy atom. The molecule has 27 heavy (non-hydrogen) atoms. The molecule has 0 radical (unpaired) electrons. The van der Waals surface area contributed by atoms with Crippen LogP contribution in [0.15, 0.2) is 36.9 Å². The smallest absolute Gasteiger partial charge is 0.321 e. The van der Waals surface area contributed by atoms with Crippen molar-refractivity contribution < 1.29 is 4.79 Å².